The molecule has 1 amide bonds. The van der Waals surface area contributed by atoms with E-state index in [0.29, 0.717) is 18.5 Å². The summed E-state index contributed by atoms with van der Waals surface area (Å²) in [6, 6.07) is 5.30. The zero-order valence-electron chi connectivity index (χ0n) is 11.8. The third kappa shape index (κ3) is 2.30. The van der Waals surface area contributed by atoms with Crippen LogP contribution in [0.1, 0.15) is 37.9 Å². The fourth-order valence-corrected chi connectivity index (χ4v) is 2.43. The minimum Gasteiger partial charge on any atom is -0.357 e. The highest BCUT2D eigenvalue weighted by Gasteiger charge is 2.44. The van der Waals surface area contributed by atoms with Gasteiger partial charge in [0.1, 0.15) is 5.82 Å². The molecule has 0 aliphatic heterocycles. The molecule has 1 aliphatic carbocycles. The number of fused-ring (bicyclic) bond motifs is 1. The summed E-state index contributed by atoms with van der Waals surface area (Å²) >= 11 is 0. The minimum absolute atomic E-state index is 0.108. The van der Waals surface area contributed by atoms with Crippen LogP contribution < -0.4 is 5.32 Å². The third-order valence-electron chi connectivity index (χ3n) is 4.21. The number of aryl methyl sites for hydroxylation is 1. The van der Waals surface area contributed by atoms with Crippen LogP contribution in [-0.4, -0.2) is 10.9 Å². The molecule has 3 nitrogen and oxygen atoms in total. The zero-order valence-corrected chi connectivity index (χ0v) is 11.8. The van der Waals surface area contributed by atoms with Crippen LogP contribution in [0.25, 0.3) is 10.9 Å². The van der Waals surface area contributed by atoms with E-state index in [4.69, 9.17) is 0 Å². The monoisotopic (exact) mass is 274 g/mol. The summed E-state index contributed by atoms with van der Waals surface area (Å²) in [5, 5.41) is 3.79. The van der Waals surface area contributed by atoms with Crippen LogP contribution >= 0.6 is 0 Å². The van der Waals surface area contributed by atoms with E-state index in [2.05, 4.69) is 10.3 Å². The van der Waals surface area contributed by atoms with Crippen LogP contribution in [-0.2, 0) is 17.8 Å². The summed E-state index contributed by atoms with van der Waals surface area (Å²) in [6.07, 6.45) is 2.61. The Morgan fingerprint density at radius 1 is 1.40 bits per heavy atom. The summed E-state index contributed by atoms with van der Waals surface area (Å²) in [5.74, 6) is -0.0586. The second-order valence-corrected chi connectivity index (χ2v) is 5.92. The predicted octanol–water partition coefficient (Wildman–Crippen LogP) is 3.29. The second kappa shape index (κ2) is 4.62. The minimum atomic E-state index is -0.167. The van der Waals surface area contributed by atoms with E-state index < -0.39 is 0 Å². The molecule has 1 saturated carbocycles. The van der Waals surface area contributed by atoms with Gasteiger partial charge in [-0.15, -0.1) is 0 Å². The Bertz CT molecular complexity index is 670. The first-order chi connectivity index (χ1) is 9.51. The SMILES string of the molecule is CCc1cc2[nH]c(CNC(=O)C3(C)CC3)cc2cc1F. The standard InChI is InChI=1S/C16H19FN2O/c1-3-10-8-14-11(7-13(10)17)6-12(19-14)9-18-15(20)16(2)4-5-16/h6-8,19H,3-5,9H2,1-2H3,(H,18,20). The lowest BCUT2D eigenvalue weighted by Gasteiger charge is -2.08. The van der Waals surface area contributed by atoms with Gasteiger partial charge in [-0.25, -0.2) is 4.39 Å². The van der Waals surface area contributed by atoms with Gasteiger partial charge in [0.25, 0.3) is 0 Å². The van der Waals surface area contributed by atoms with E-state index >= 15 is 0 Å². The van der Waals surface area contributed by atoms with Gasteiger partial charge >= 0.3 is 0 Å². The van der Waals surface area contributed by atoms with Crippen molar-refractivity contribution in [3.63, 3.8) is 0 Å². The van der Waals surface area contributed by atoms with Gasteiger partial charge in [-0.1, -0.05) is 13.8 Å². The molecular formula is C16H19FN2O. The normalized spacial score (nSPS) is 16.4. The van der Waals surface area contributed by atoms with Crippen LogP contribution in [0.5, 0.6) is 0 Å². The number of carbonyl (C=O) groups excluding carboxylic acids is 1. The Morgan fingerprint density at radius 2 is 2.15 bits per heavy atom. The Hall–Kier alpha value is -1.84. The van der Waals surface area contributed by atoms with Crippen molar-refractivity contribution in [1.29, 1.82) is 0 Å². The molecule has 4 heteroatoms. The number of aromatic amines is 1. The third-order valence-corrected chi connectivity index (χ3v) is 4.21. The first kappa shape index (κ1) is 13.2. The molecule has 0 unspecified atom stereocenters. The van der Waals surface area contributed by atoms with Crippen LogP contribution in [0.15, 0.2) is 18.2 Å². The number of benzene rings is 1. The highest BCUT2D eigenvalue weighted by molar-refractivity contribution is 5.85. The molecule has 0 radical (unpaired) electrons. The fraction of sp³-hybridized carbons (Fsp3) is 0.438. The number of carbonyl (C=O) groups is 1. The zero-order chi connectivity index (χ0) is 14.3. The van der Waals surface area contributed by atoms with Gasteiger partial charge in [0.15, 0.2) is 0 Å². The maximum atomic E-state index is 13.7. The molecule has 0 spiro atoms. The van der Waals surface area contributed by atoms with Gasteiger partial charge in [0.2, 0.25) is 5.91 Å². The molecule has 1 fully saturated rings. The molecule has 1 aromatic heterocycles. The van der Waals surface area contributed by atoms with Gasteiger partial charge in [-0.05, 0) is 43.0 Å². The van der Waals surface area contributed by atoms with Crippen LogP contribution in [0.3, 0.4) is 0 Å². The number of H-pyrrole nitrogens is 1. The molecule has 0 saturated heterocycles. The Labute approximate surface area is 117 Å². The lowest BCUT2D eigenvalue weighted by atomic mass is 10.1. The molecule has 2 N–H and O–H groups in total. The van der Waals surface area contributed by atoms with Crippen LogP contribution in [0.4, 0.5) is 4.39 Å². The molecule has 3 rings (SSSR count). The molecule has 0 bridgehead atoms. The van der Waals surface area contributed by atoms with Crippen molar-refractivity contribution >= 4 is 16.8 Å². The number of hydrogen-bond acceptors (Lipinski definition) is 1. The van der Waals surface area contributed by atoms with E-state index in [-0.39, 0.29) is 17.1 Å². The number of nitrogens with one attached hydrogen (secondary N) is 2. The van der Waals surface area contributed by atoms with Crippen molar-refractivity contribution in [2.45, 2.75) is 39.7 Å². The van der Waals surface area contributed by atoms with Crippen molar-refractivity contribution in [3.8, 4) is 0 Å². The van der Waals surface area contributed by atoms with Gasteiger partial charge in [0, 0.05) is 22.0 Å². The molecule has 20 heavy (non-hydrogen) atoms. The Kier molecular flexibility index (Phi) is 3.04. The van der Waals surface area contributed by atoms with Gasteiger partial charge in [0.05, 0.1) is 6.54 Å². The molecule has 0 atom stereocenters. The highest BCUT2D eigenvalue weighted by Crippen LogP contribution is 2.45. The maximum Gasteiger partial charge on any atom is 0.226 e. The van der Waals surface area contributed by atoms with Crippen molar-refractivity contribution in [2.75, 3.05) is 0 Å². The number of rotatable bonds is 4. The maximum absolute atomic E-state index is 13.7. The number of hydrogen-bond donors (Lipinski definition) is 2. The predicted molar refractivity (Wildman–Crippen MR) is 76.8 cm³/mol. The first-order valence-corrected chi connectivity index (χ1v) is 7.10. The summed E-state index contributed by atoms with van der Waals surface area (Å²) < 4.78 is 13.7. The van der Waals surface area contributed by atoms with Gasteiger partial charge in [-0.3, -0.25) is 4.79 Å². The smallest absolute Gasteiger partial charge is 0.226 e. The lowest BCUT2D eigenvalue weighted by Crippen LogP contribution is -2.29. The van der Waals surface area contributed by atoms with Crippen LogP contribution in [0, 0.1) is 11.2 Å². The van der Waals surface area contributed by atoms with Crippen molar-refractivity contribution in [3.05, 3.63) is 35.3 Å². The average molecular weight is 274 g/mol. The average Bonchev–Trinajstić information content (AvgIpc) is 3.05. The summed E-state index contributed by atoms with van der Waals surface area (Å²) in [5.41, 5.74) is 2.38. The summed E-state index contributed by atoms with van der Waals surface area (Å²) in [6.45, 7) is 4.38. The van der Waals surface area contributed by atoms with Crippen molar-refractivity contribution in [1.82, 2.24) is 10.3 Å². The van der Waals surface area contributed by atoms with Crippen molar-refractivity contribution in [2.24, 2.45) is 5.41 Å². The van der Waals surface area contributed by atoms with E-state index in [9.17, 15) is 9.18 Å². The van der Waals surface area contributed by atoms with Gasteiger partial charge < -0.3 is 10.3 Å². The van der Waals surface area contributed by atoms with Crippen LogP contribution in [0.2, 0.25) is 0 Å². The molecule has 1 heterocycles. The fourth-order valence-electron chi connectivity index (χ4n) is 2.43. The Balaban J connectivity index is 1.77. The highest BCUT2D eigenvalue weighted by atomic mass is 19.1. The Morgan fingerprint density at radius 3 is 2.80 bits per heavy atom. The van der Waals surface area contributed by atoms with Crippen molar-refractivity contribution < 1.29 is 9.18 Å². The molecular weight excluding hydrogens is 255 g/mol. The molecule has 2 aromatic rings. The van der Waals surface area contributed by atoms with E-state index in [0.717, 1.165) is 29.4 Å². The molecule has 106 valence electrons. The summed E-state index contributed by atoms with van der Waals surface area (Å²) in [7, 11) is 0. The number of aromatic nitrogens is 1. The van der Waals surface area contributed by atoms with E-state index in [1.807, 2.05) is 26.0 Å². The van der Waals surface area contributed by atoms with E-state index in [1.165, 1.54) is 0 Å². The second-order valence-electron chi connectivity index (χ2n) is 5.92. The lowest BCUT2D eigenvalue weighted by molar-refractivity contribution is -0.125. The largest absolute Gasteiger partial charge is 0.357 e. The quantitative estimate of drug-likeness (QED) is 0.883. The first-order valence-electron chi connectivity index (χ1n) is 7.10. The molecule has 1 aromatic carbocycles. The topological polar surface area (TPSA) is 44.9 Å². The number of amides is 1. The van der Waals surface area contributed by atoms with E-state index in [1.54, 1.807) is 6.07 Å². The molecule has 1 aliphatic rings. The number of halogens is 1. The van der Waals surface area contributed by atoms with Gasteiger partial charge in [-0.2, -0.15) is 0 Å². The summed E-state index contributed by atoms with van der Waals surface area (Å²) in [4.78, 5) is 15.1.